The highest BCUT2D eigenvalue weighted by atomic mass is 16.5. The van der Waals surface area contributed by atoms with Crippen LogP contribution < -0.4 is 20.1 Å². The van der Waals surface area contributed by atoms with Gasteiger partial charge < -0.3 is 30.1 Å². The molecule has 2 saturated heterocycles. The molecule has 2 aromatic heterocycles. The number of nitrogens with one attached hydrogen (secondary N) is 2. The molecule has 0 aliphatic carbocycles. The molecule has 3 N–H and O–H groups in total. The van der Waals surface area contributed by atoms with Crippen LogP contribution in [-0.2, 0) is 0 Å². The van der Waals surface area contributed by atoms with Gasteiger partial charge in [-0.05, 0) is 73.7 Å². The molecule has 9 nitrogen and oxygen atoms in total. The molecule has 0 unspecified atom stereocenters. The minimum atomic E-state index is -1.02. The molecule has 236 valence electrons. The Hall–Kier alpha value is -5.30. The maximum absolute atomic E-state index is 11.0. The standard InChI is InChI=1S/C19H17N3O.C19H18N2O3/c1-20-18-7-6-14(13-22-18)16-12-19(8-10-21-11-9-19)23-17-5-3-2-4-15(16)17;22-18(23)16-6-5-13(12-21-16)15-11-19(7-9-20-10-8-19)24-17-4-2-1-3-14(15)17/h2-7,12-13,21H,8-11H2;1-6,11-12,20H,7-10H2,(H,22,23). The number of benzene rings is 2. The summed E-state index contributed by atoms with van der Waals surface area (Å²) in [4.78, 5) is 22.7. The largest absolute Gasteiger partial charge is 0.482 e. The third kappa shape index (κ3) is 6.26. The Kier molecular flexibility index (Phi) is 8.29. The van der Waals surface area contributed by atoms with E-state index < -0.39 is 5.97 Å². The van der Waals surface area contributed by atoms with Gasteiger partial charge in [-0.15, -0.1) is 4.98 Å². The molecule has 0 radical (unpaired) electrons. The maximum Gasteiger partial charge on any atom is 0.354 e. The third-order valence-corrected chi connectivity index (χ3v) is 9.16. The van der Waals surface area contributed by atoms with Crippen molar-refractivity contribution < 1.29 is 19.4 Å². The van der Waals surface area contributed by atoms with Crippen molar-refractivity contribution in [2.45, 2.75) is 36.9 Å². The van der Waals surface area contributed by atoms with Gasteiger partial charge in [0.15, 0.2) is 0 Å². The molecule has 4 aromatic rings. The molecule has 9 heteroatoms. The molecule has 2 fully saturated rings. The van der Waals surface area contributed by atoms with E-state index in [0.29, 0.717) is 5.82 Å². The zero-order chi connectivity index (χ0) is 32.3. The lowest BCUT2D eigenvalue weighted by Gasteiger charge is -2.40. The Labute approximate surface area is 273 Å². The second-order valence-corrected chi connectivity index (χ2v) is 12.2. The van der Waals surface area contributed by atoms with Gasteiger partial charge in [0, 0.05) is 54.1 Å². The van der Waals surface area contributed by atoms with Gasteiger partial charge in [0.05, 0.1) is 0 Å². The molecular weight excluding hydrogens is 590 g/mol. The number of aromatic carboxylic acids is 1. The van der Waals surface area contributed by atoms with Crippen molar-refractivity contribution in [1.29, 1.82) is 0 Å². The first-order chi connectivity index (χ1) is 23.0. The first-order valence-electron chi connectivity index (χ1n) is 15.9. The quantitative estimate of drug-likeness (QED) is 0.228. The summed E-state index contributed by atoms with van der Waals surface area (Å²) >= 11 is 0. The summed E-state index contributed by atoms with van der Waals surface area (Å²) in [5.41, 5.74) is 5.77. The van der Waals surface area contributed by atoms with Crippen molar-refractivity contribution in [3.05, 3.63) is 137 Å². The molecule has 4 aliphatic heterocycles. The number of hydrogen-bond donors (Lipinski definition) is 3. The van der Waals surface area contributed by atoms with Crippen LogP contribution in [0.2, 0.25) is 0 Å². The lowest BCUT2D eigenvalue weighted by Crippen LogP contribution is -2.46. The number of rotatable bonds is 3. The number of ether oxygens (including phenoxy) is 2. The fraction of sp³-hybridized carbons (Fsp3) is 0.263. The highest BCUT2D eigenvalue weighted by Crippen LogP contribution is 2.43. The first kappa shape index (κ1) is 30.4. The summed E-state index contributed by atoms with van der Waals surface area (Å²) in [6, 6.07) is 23.2. The van der Waals surface area contributed by atoms with Crippen LogP contribution in [0, 0.1) is 6.57 Å². The fourth-order valence-electron chi connectivity index (χ4n) is 6.70. The number of carboxylic acid groups (broad SMARTS) is 1. The molecule has 2 aromatic carbocycles. The Morgan fingerprint density at radius 2 is 1.19 bits per heavy atom. The van der Waals surface area contributed by atoms with E-state index in [9.17, 15) is 4.79 Å². The van der Waals surface area contributed by atoms with Crippen molar-refractivity contribution >= 4 is 22.9 Å². The van der Waals surface area contributed by atoms with Crippen molar-refractivity contribution in [2.75, 3.05) is 26.2 Å². The fourth-order valence-corrected chi connectivity index (χ4v) is 6.70. The van der Waals surface area contributed by atoms with Crippen LogP contribution in [0.25, 0.3) is 16.0 Å². The minimum Gasteiger partial charge on any atom is -0.482 e. The number of para-hydroxylation sites is 2. The molecule has 4 aliphatic rings. The molecule has 8 rings (SSSR count). The Bertz CT molecular complexity index is 1880. The summed E-state index contributed by atoms with van der Waals surface area (Å²) < 4.78 is 12.7. The van der Waals surface area contributed by atoms with Crippen LogP contribution in [0.1, 0.15) is 58.4 Å². The topological polar surface area (TPSA) is 110 Å². The summed E-state index contributed by atoms with van der Waals surface area (Å²) in [6.45, 7) is 10.8. The van der Waals surface area contributed by atoms with Crippen LogP contribution >= 0.6 is 0 Å². The highest BCUT2D eigenvalue weighted by molar-refractivity contribution is 5.88. The molecule has 0 bridgehead atoms. The van der Waals surface area contributed by atoms with Gasteiger partial charge in [-0.3, -0.25) is 0 Å². The highest BCUT2D eigenvalue weighted by Gasteiger charge is 2.38. The Morgan fingerprint density at radius 1 is 0.702 bits per heavy atom. The third-order valence-electron chi connectivity index (χ3n) is 9.16. The Balaban J connectivity index is 0.000000150. The molecular formula is C38H35N5O4. The van der Waals surface area contributed by atoms with E-state index >= 15 is 0 Å². The molecule has 6 heterocycles. The normalized spacial score (nSPS) is 18.4. The van der Waals surface area contributed by atoms with Crippen molar-refractivity contribution in [2.24, 2.45) is 0 Å². The SMILES string of the molecule is O=C(O)c1ccc(C2=CC3(CCNCC3)Oc3ccccc32)cn1.[C-]#[N+]c1ccc(C2=CC3(CCNCC3)Oc3ccccc32)cn1. The molecule has 0 amide bonds. The number of piperidine rings is 2. The average molecular weight is 626 g/mol. The first-order valence-corrected chi connectivity index (χ1v) is 15.9. The van der Waals surface area contributed by atoms with E-state index in [0.717, 1.165) is 96.8 Å². The van der Waals surface area contributed by atoms with Crippen LogP contribution in [0.4, 0.5) is 5.82 Å². The average Bonchev–Trinajstić information content (AvgIpc) is 3.12. The molecule has 0 atom stereocenters. The minimum absolute atomic E-state index is 0.0521. The Morgan fingerprint density at radius 3 is 1.62 bits per heavy atom. The number of aromatic nitrogens is 2. The summed E-state index contributed by atoms with van der Waals surface area (Å²) in [5.74, 6) is 1.21. The predicted octanol–water partition coefficient (Wildman–Crippen LogP) is 6.30. The van der Waals surface area contributed by atoms with E-state index in [1.165, 1.54) is 0 Å². The number of fused-ring (bicyclic) bond motifs is 2. The van der Waals surface area contributed by atoms with Gasteiger partial charge in [0.2, 0.25) is 0 Å². The number of carboxylic acids is 1. The van der Waals surface area contributed by atoms with E-state index in [2.05, 4.69) is 43.7 Å². The second-order valence-electron chi connectivity index (χ2n) is 12.2. The van der Waals surface area contributed by atoms with Crippen LogP contribution in [0.5, 0.6) is 11.5 Å². The number of carbonyl (C=O) groups is 1. The predicted molar refractivity (Wildman–Crippen MR) is 180 cm³/mol. The lowest BCUT2D eigenvalue weighted by atomic mass is 9.83. The molecule has 47 heavy (non-hydrogen) atoms. The number of hydrogen-bond acceptors (Lipinski definition) is 7. The zero-order valence-electron chi connectivity index (χ0n) is 25.9. The van der Waals surface area contributed by atoms with Gasteiger partial charge >= 0.3 is 5.97 Å². The van der Waals surface area contributed by atoms with E-state index in [1.54, 1.807) is 24.5 Å². The van der Waals surface area contributed by atoms with Crippen molar-refractivity contribution in [3.8, 4) is 11.5 Å². The smallest absolute Gasteiger partial charge is 0.354 e. The van der Waals surface area contributed by atoms with Gasteiger partial charge in [-0.25, -0.2) is 9.78 Å². The van der Waals surface area contributed by atoms with Gasteiger partial charge in [-0.1, -0.05) is 55.1 Å². The van der Waals surface area contributed by atoms with Crippen molar-refractivity contribution in [1.82, 2.24) is 20.6 Å². The zero-order valence-corrected chi connectivity index (χ0v) is 25.9. The van der Waals surface area contributed by atoms with E-state index in [1.807, 2.05) is 54.6 Å². The van der Waals surface area contributed by atoms with E-state index in [4.69, 9.17) is 21.2 Å². The number of nitrogens with zero attached hydrogens (tertiary/aromatic N) is 3. The van der Waals surface area contributed by atoms with Gasteiger partial charge in [-0.2, -0.15) is 0 Å². The van der Waals surface area contributed by atoms with E-state index in [-0.39, 0.29) is 16.9 Å². The summed E-state index contributed by atoms with van der Waals surface area (Å²) in [7, 11) is 0. The lowest BCUT2D eigenvalue weighted by molar-refractivity contribution is 0.0690. The maximum atomic E-state index is 11.0. The van der Waals surface area contributed by atoms with Crippen LogP contribution in [-0.4, -0.2) is 58.4 Å². The van der Waals surface area contributed by atoms with Crippen LogP contribution in [0.15, 0.2) is 97.3 Å². The summed E-state index contributed by atoms with van der Waals surface area (Å²) in [5, 5.41) is 15.8. The molecule has 0 saturated carbocycles. The van der Waals surface area contributed by atoms with Gasteiger partial charge in [0.25, 0.3) is 5.82 Å². The van der Waals surface area contributed by atoms with Crippen molar-refractivity contribution in [3.63, 3.8) is 0 Å². The summed E-state index contributed by atoms with van der Waals surface area (Å²) in [6.07, 6.45) is 11.6. The van der Waals surface area contributed by atoms with Gasteiger partial charge in [0.1, 0.15) is 34.6 Å². The second kappa shape index (κ2) is 12.8. The number of pyridine rings is 2. The van der Waals surface area contributed by atoms with Crippen LogP contribution in [0.3, 0.4) is 0 Å². The molecule has 2 spiro atoms. The monoisotopic (exact) mass is 625 g/mol.